The lowest BCUT2D eigenvalue weighted by atomic mass is 10.1. The lowest BCUT2D eigenvalue weighted by Gasteiger charge is -2.24. The summed E-state index contributed by atoms with van der Waals surface area (Å²) < 4.78 is 7.01. The summed E-state index contributed by atoms with van der Waals surface area (Å²) in [5.74, 6) is 0.635. The van der Waals surface area contributed by atoms with Gasteiger partial charge in [-0.3, -0.25) is 9.79 Å². The molecule has 0 saturated carbocycles. The summed E-state index contributed by atoms with van der Waals surface area (Å²) in [6.45, 7) is 2.01. The summed E-state index contributed by atoms with van der Waals surface area (Å²) >= 11 is 0. The Morgan fingerprint density at radius 3 is 2.90 bits per heavy atom. The SMILES string of the molecule is COC[C@@H]1CCCN1C(=O)c1ccc(Nc2ncc(C3=CCN=C3)n3ncnc23)cc1. The number of nitrogens with zero attached hydrogens (tertiary/aromatic N) is 6. The standard InChI is InChI=1S/C22H23N7O2/c1-31-13-18-3-2-10-28(18)22(30)15-4-6-17(7-5-15)27-20-21-25-14-26-29(21)19(12-24-20)16-8-9-23-11-16/h4-8,11-12,14,18H,2-3,9-10,13H2,1H3,(H,24,27)/t18-/m0/s1. The van der Waals surface area contributed by atoms with Crippen LogP contribution in [0.25, 0.3) is 11.2 Å². The molecule has 5 rings (SSSR count). The number of likely N-dealkylation sites (tertiary alicyclic amines) is 1. The number of rotatable bonds is 6. The van der Waals surface area contributed by atoms with Crippen LogP contribution in [0.5, 0.6) is 0 Å². The van der Waals surface area contributed by atoms with Crippen LogP contribution >= 0.6 is 0 Å². The Morgan fingerprint density at radius 2 is 2.13 bits per heavy atom. The number of aliphatic imine (C=N–C) groups is 1. The molecule has 0 bridgehead atoms. The Balaban J connectivity index is 1.35. The highest BCUT2D eigenvalue weighted by atomic mass is 16.5. The Bertz CT molecular complexity index is 1170. The van der Waals surface area contributed by atoms with Gasteiger partial charge in [-0.05, 0) is 37.1 Å². The fourth-order valence-electron chi connectivity index (χ4n) is 4.10. The molecule has 0 spiro atoms. The molecule has 1 amide bonds. The number of aromatic nitrogens is 4. The van der Waals surface area contributed by atoms with Gasteiger partial charge in [0.1, 0.15) is 6.33 Å². The fraction of sp³-hybridized carbons (Fsp3) is 0.318. The smallest absolute Gasteiger partial charge is 0.254 e. The number of hydrogen-bond acceptors (Lipinski definition) is 7. The number of carbonyl (C=O) groups is 1. The highest BCUT2D eigenvalue weighted by Crippen LogP contribution is 2.24. The van der Waals surface area contributed by atoms with E-state index in [4.69, 9.17) is 4.74 Å². The largest absolute Gasteiger partial charge is 0.383 e. The van der Waals surface area contributed by atoms with Gasteiger partial charge in [-0.15, -0.1) is 0 Å². The van der Waals surface area contributed by atoms with Gasteiger partial charge in [0, 0.05) is 36.7 Å². The van der Waals surface area contributed by atoms with Crippen molar-refractivity contribution in [3.63, 3.8) is 0 Å². The summed E-state index contributed by atoms with van der Waals surface area (Å²) in [5.41, 5.74) is 3.93. The van der Waals surface area contributed by atoms with Crippen LogP contribution < -0.4 is 5.32 Å². The summed E-state index contributed by atoms with van der Waals surface area (Å²) in [6, 6.07) is 7.58. The molecular weight excluding hydrogens is 394 g/mol. The summed E-state index contributed by atoms with van der Waals surface area (Å²) in [6.07, 6.45) is 9.11. The van der Waals surface area contributed by atoms with Crippen LogP contribution in [0.4, 0.5) is 11.5 Å². The Kier molecular flexibility index (Phi) is 5.17. The van der Waals surface area contributed by atoms with Crippen LogP contribution in [0.1, 0.15) is 28.9 Å². The maximum absolute atomic E-state index is 12.9. The second-order valence-electron chi connectivity index (χ2n) is 7.59. The van der Waals surface area contributed by atoms with E-state index in [2.05, 4.69) is 25.4 Å². The quantitative estimate of drug-likeness (QED) is 0.662. The molecule has 31 heavy (non-hydrogen) atoms. The number of ether oxygens (including phenoxy) is 1. The van der Waals surface area contributed by atoms with Crippen LogP contribution in [-0.2, 0) is 4.74 Å². The van der Waals surface area contributed by atoms with Gasteiger partial charge >= 0.3 is 0 Å². The molecule has 1 atom stereocenters. The molecule has 1 N–H and O–H groups in total. The van der Waals surface area contributed by atoms with Crippen LogP contribution in [0, 0.1) is 0 Å². The molecule has 1 aromatic carbocycles. The van der Waals surface area contributed by atoms with E-state index in [0.29, 0.717) is 30.2 Å². The van der Waals surface area contributed by atoms with Gasteiger partial charge in [0.25, 0.3) is 5.91 Å². The summed E-state index contributed by atoms with van der Waals surface area (Å²) in [7, 11) is 1.67. The number of carbonyl (C=O) groups excluding carboxylic acids is 1. The molecule has 1 saturated heterocycles. The molecule has 9 nitrogen and oxygen atoms in total. The van der Waals surface area contributed by atoms with E-state index in [-0.39, 0.29) is 11.9 Å². The molecule has 2 aliphatic heterocycles. The van der Waals surface area contributed by atoms with Crippen molar-refractivity contribution < 1.29 is 9.53 Å². The maximum Gasteiger partial charge on any atom is 0.254 e. The fourth-order valence-corrected chi connectivity index (χ4v) is 4.10. The minimum absolute atomic E-state index is 0.0416. The van der Waals surface area contributed by atoms with Gasteiger partial charge in [0.2, 0.25) is 0 Å². The number of amides is 1. The third-order valence-electron chi connectivity index (χ3n) is 5.64. The molecular formula is C22H23N7O2. The number of methoxy groups -OCH3 is 1. The van der Waals surface area contributed by atoms with Crippen molar-refractivity contribution in [3.05, 3.63) is 54.1 Å². The third-order valence-corrected chi connectivity index (χ3v) is 5.64. The second kappa shape index (κ2) is 8.27. The topological polar surface area (TPSA) is 97.0 Å². The normalized spacial score (nSPS) is 18.0. The number of allylic oxidation sites excluding steroid dienone is 1. The number of nitrogens with one attached hydrogen (secondary N) is 1. The van der Waals surface area contributed by atoms with Crippen molar-refractivity contribution in [1.82, 2.24) is 24.5 Å². The Morgan fingerprint density at radius 1 is 1.26 bits per heavy atom. The third kappa shape index (κ3) is 3.68. The van der Waals surface area contributed by atoms with E-state index in [1.807, 2.05) is 41.5 Å². The Labute approximate surface area is 179 Å². The minimum Gasteiger partial charge on any atom is -0.383 e. The van der Waals surface area contributed by atoms with Crippen molar-refractivity contribution in [2.75, 3.05) is 32.1 Å². The first kappa shape index (κ1) is 19.4. The van der Waals surface area contributed by atoms with E-state index >= 15 is 0 Å². The van der Waals surface area contributed by atoms with E-state index in [1.54, 1.807) is 17.8 Å². The van der Waals surface area contributed by atoms with Crippen LogP contribution in [0.2, 0.25) is 0 Å². The average Bonchev–Trinajstić information content (AvgIpc) is 3.56. The van der Waals surface area contributed by atoms with Crippen molar-refractivity contribution in [3.8, 4) is 0 Å². The molecule has 1 fully saturated rings. The van der Waals surface area contributed by atoms with Crippen LogP contribution in [0.3, 0.4) is 0 Å². The minimum atomic E-state index is 0.0416. The zero-order chi connectivity index (χ0) is 21.2. The monoisotopic (exact) mass is 417 g/mol. The molecule has 0 radical (unpaired) electrons. The van der Waals surface area contributed by atoms with Gasteiger partial charge in [-0.2, -0.15) is 5.10 Å². The lowest BCUT2D eigenvalue weighted by molar-refractivity contribution is 0.0630. The first-order valence-electron chi connectivity index (χ1n) is 10.3. The first-order valence-corrected chi connectivity index (χ1v) is 10.3. The molecule has 4 heterocycles. The zero-order valence-corrected chi connectivity index (χ0v) is 17.2. The van der Waals surface area contributed by atoms with Crippen molar-refractivity contribution in [1.29, 1.82) is 0 Å². The van der Waals surface area contributed by atoms with Gasteiger partial charge in [-0.1, -0.05) is 6.08 Å². The molecule has 158 valence electrons. The van der Waals surface area contributed by atoms with Gasteiger partial charge in [0.15, 0.2) is 11.5 Å². The van der Waals surface area contributed by atoms with Crippen molar-refractivity contribution in [2.45, 2.75) is 18.9 Å². The van der Waals surface area contributed by atoms with Crippen LogP contribution in [0.15, 0.2) is 47.9 Å². The predicted molar refractivity (Wildman–Crippen MR) is 118 cm³/mol. The van der Waals surface area contributed by atoms with E-state index in [0.717, 1.165) is 36.3 Å². The highest BCUT2D eigenvalue weighted by molar-refractivity contribution is 6.11. The number of anilines is 2. The molecule has 9 heteroatoms. The van der Waals surface area contributed by atoms with Crippen LogP contribution in [-0.4, -0.2) is 69.5 Å². The number of benzene rings is 1. The van der Waals surface area contributed by atoms with Crippen molar-refractivity contribution in [2.24, 2.45) is 4.99 Å². The number of fused-ring (bicyclic) bond motifs is 1. The molecule has 3 aromatic rings. The van der Waals surface area contributed by atoms with E-state index in [9.17, 15) is 4.79 Å². The Hall–Kier alpha value is -3.59. The molecule has 0 aliphatic carbocycles. The highest BCUT2D eigenvalue weighted by Gasteiger charge is 2.29. The first-order chi connectivity index (χ1) is 15.2. The average molecular weight is 417 g/mol. The second-order valence-corrected chi connectivity index (χ2v) is 7.59. The maximum atomic E-state index is 12.9. The van der Waals surface area contributed by atoms with E-state index < -0.39 is 0 Å². The van der Waals surface area contributed by atoms with Gasteiger partial charge in [-0.25, -0.2) is 14.5 Å². The molecule has 2 aliphatic rings. The van der Waals surface area contributed by atoms with Crippen molar-refractivity contribution >= 4 is 34.8 Å². The molecule has 0 unspecified atom stereocenters. The van der Waals surface area contributed by atoms with E-state index in [1.165, 1.54) is 6.33 Å². The lowest BCUT2D eigenvalue weighted by Crippen LogP contribution is -2.38. The number of hydrogen-bond donors (Lipinski definition) is 1. The summed E-state index contributed by atoms with van der Waals surface area (Å²) in [5, 5.41) is 7.61. The zero-order valence-electron chi connectivity index (χ0n) is 17.2. The predicted octanol–water partition coefficient (Wildman–Crippen LogP) is 2.59. The van der Waals surface area contributed by atoms with Gasteiger partial charge in [0.05, 0.1) is 31.1 Å². The summed E-state index contributed by atoms with van der Waals surface area (Å²) in [4.78, 5) is 27.9. The molecule has 2 aromatic heterocycles. The van der Waals surface area contributed by atoms with Gasteiger partial charge < -0.3 is 15.0 Å².